The number of nitrogens with two attached hydrogens (primary N) is 2. The van der Waals surface area contributed by atoms with Crippen LogP contribution in [0.1, 0.15) is 50.9 Å². The maximum Gasteiger partial charge on any atom is 0.490 e. The third-order valence-corrected chi connectivity index (χ3v) is 10.4. The molecule has 0 aliphatic heterocycles. The molecular weight excluding hydrogens is 880 g/mol. The minimum absolute atomic E-state index is 0.00864. The van der Waals surface area contributed by atoms with Crippen molar-refractivity contribution in [1.29, 1.82) is 0 Å². The summed E-state index contributed by atoms with van der Waals surface area (Å²) in [6.45, 7) is 5.34. The standard InChI is InChI=1S/C39H52F2N6O9S.C2HF3O2/c1-39(2,3)35(31-17-25(27-18-26(40)9-10-28(27)41)21-46(31)20-24-7-5-4-6-8-24)47(33(49)22-48)14-11-29(42)36(52)44-12-15-56-16-13-45-37(53)32(19-34(50)51)57-23-30(43)38(54)55;3-2(4,5)1(6)7/h4-10,17-18,21,29-30,32,35,48H,11-16,19-20,22-23,42-43H2,1-3H3,(H,44,52)(H,45,53)(H,50,51)(H,54,55);(H,6,7)/t29-,30-,32?,35-;/m0./s1. The molecule has 1 aromatic heterocycles. The van der Waals surface area contributed by atoms with E-state index in [-0.39, 0.29) is 50.6 Å². The van der Waals surface area contributed by atoms with Gasteiger partial charge in [0.25, 0.3) is 0 Å². The Hall–Kier alpha value is -5.62. The van der Waals surface area contributed by atoms with Crippen molar-refractivity contribution < 1.29 is 75.9 Å². The van der Waals surface area contributed by atoms with Gasteiger partial charge >= 0.3 is 24.1 Å². The van der Waals surface area contributed by atoms with Crippen LogP contribution >= 0.6 is 11.8 Å². The SMILES string of the molecule is CC(C)(C)[C@H](c1cc(-c2cc(F)ccc2F)cn1Cc1ccccc1)N(CC[C@H](N)C(=O)NCCOCCNC(=O)C(CC(=O)O)SC[C@H](N)C(=O)O)C(=O)CO.O=C(O)C(F)(F)F. The van der Waals surface area contributed by atoms with Crippen LogP contribution in [0.25, 0.3) is 11.1 Å². The average molecular weight is 933 g/mol. The number of carbonyl (C=O) groups is 6. The number of aliphatic carboxylic acids is 3. The van der Waals surface area contributed by atoms with Gasteiger partial charge < -0.3 is 56.7 Å². The van der Waals surface area contributed by atoms with Crippen molar-refractivity contribution in [2.45, 2.75) is 69.7 Å². The Morgan fingerprint density at radius 1 is 0.875 bits per heavy atom. The van der Waals surface area contributed by atoms with Crippen molar-refractivity contribution in [3.8, 4) is 11.1 Å². The van der Waals surface area contributed by atoms with Crippen molar-refractivity contribution in [3.05, 3.63) is 83.7 Å². The highest BCUT2D eigenvalue weighted by molar-refractivity contribution is 8.00. The van der Waals surface area contributed by atoms with Crippen molar-refractivity contribution in [1.82, 2.24) is 20.1 Å². The van der Waals surface area contributed by atoms with Crippen LogP contribution < -0.4 is 22.1 Å². The molecule has 3 aromatic rings. The quantitative estimate of drug-likeness (QED) is 0.0502. The molecule has 3 amide bonds. The van der Waals surface area contributed by atoms with Gasteiger partial charge in [-0.3, -0.25) is 24.0 Å². The number of aliphatic hydroxyl groups is 1. The zero-order chi connectivity index (χ0) is 48.4. The van der Waals surface area contributed by atoms with E-state index >= 15 is 4.39 Å². The van der Waals surface area contributed by atoms with Gasteiger partial charge in [0.15, 0.2) is 0 Å². The number of hydrogen-bond donors (Lipinski definition) is 8. The molecule has 1 unspecified atom stereocenters. The predicted molar refractivity (Wildman–Crippen MR) is 224 cm³/mol. The number of halogens is 5. The van der Waals surface area contributed by atoms with E-state index in [1.165, 1.54) is 4.90 Å². The normalized spacial score (nSPS) is 13.4. The van der Waals surface area contributed by atoms with E-state index in [2.05, 4.69) is 10.6 Å². The summed E-state index contributed by atoms with van der Waals surface area (Å²) in [5.41, 5.74) is 13.0. The van der Waals surface area contributed by atoms with Gasteiger partial charge in [-0.25, -0.2) is 13.6 Å². The Morgan fingerprint density at radius 3 is 2.00 bits per heavy atom. The summed E-state index contributed by atoms with van der Waals surface area (Å²) >= 11 is 0.826. The molecule has 2 aromatic carbocycles. The first-order valence-electron chi connectivity index (χ1n) is 19.5. The van der Waals surface area contributed by atoms with E-state index in [0.29, 0.717) is 17.8 Å². The molecule has 23 heteroatoms. The van der Waals surface area contributed by atoms with Crippen molar-refractivity contribution in [2.24, 2.45) is 16.9 Å². The highest BCUT2D eigenvalue weighted by atomic mass is 32.2. The fourth-order valence-electron chi connectivity index (χ4n) is 6.03. The highest BCUT2D eigenvalue weighted by Gasteiger charge is 2.39. The number of hydrogen-bond acceptors (Lipinski definition) is 11. The number of aliphatic hydroxyl groups excluding tert-OH is 1. The molecule has 17 nitrogen and oxygen atoms in total. The molecule has 354 valence electrons. The number of nitrogens with zero attached hydrogens (tertiary/aromatic N) is 2. The number of aromatic nitrogens is 1. The minimum atomic E-state index is -5.08. The number of carboxylic acids is 3. The van der Waals surface area contributed by atoms with Gasteiger partial charge in [0.1, 0.15) is 24.3 Å². The Kier molecular flexibility index (Phi) is 21.8. The van der Waals surface area contributed by atoms with Crippen LogP contribution in [0.5, 0.6) is 0 Å². The van der Waals surface area contributed by atoms with Crippen LogP contribution in [0.3, 0.4) is 0 Å². The van der Waals surface area contributed by atoms with E-state index in [0.717, 1.165) is 35.5 Å². The number of benzene rings is 2. The Bertz CT molecular complexity index is 2040. The molecule has 0 fully saturated rings. The van der Waals surface area contributed by atoms with Gasteiger partial charge in [-0.1, -0.05) is 51.1 Å². The van der Waals surface area contributed by atoms with E-state index in [1.807, 2.05) is 55.7 Å². The Morgan fingerprint density at radius 2 is 1.47 bits per heavy atom. The summed E-state index contributed by atoms with van der Waals surface area (Å²) in [5.74, 6) is -8.42. The summed E-state index contributed by atoms with van der Waals surface area (Å²) in [7, 11) is 0. The van der Waals surface area contributed by atoms with Gasteiger partial charge in [-0.05, 0) is 41.7 Å². The monoisotopic (exact) mass is 932 g/mol. The second kappa shape index (κ2) is 25.6. The van der Waals surface area contributed by atoms with Gasteiger partial charge in [-0.2, -0.15) is 13.2 Å². The minimum Gasteiger partial charge on any atom is -0.481 e. The highest BCUT2D eigenvalue weighted by Crippen LogP contribution is 2.41. The van der Waals surface area contributed by atoms with E-state index in [9.17, 15) is 46.6 Å². The third-order valence-electron chi connectivity index (χ3n) is 9.03. The first-order chi connectivity index (χ1) is 29.9. The molecular formula is C41H53F5N6O11S. The van der Waals surface area contributed by atoms with Gasteiger partial charge in [-0.15, -0.1) is 11.8 Å². The van der Waals surface area contributed by atoms with Crippen molar-refractivity contribution >= 4 is 47.4 Å². The Balaban J connectivity index is 0.00000185. The van der Waals surface area contributed by atoms with Gasteiger partial charge in [0.2, 0.25) is 17.7 Å². The lowest BCUT2D eigenvalue weighted by atomic mass is 9.82. The molecule has 0 radical (unpaired) electrons. The molecule has 1 heterocycles. The number of rotatable bonds is 23. The number of ether oxygens (including phenoxy) is 1. The van der Waals surface area contributed by atoms with Crippen LogP contribution in [0.2, 0.25) is 0 Å². The number of nitrogens with one attached hydrogen (secondary N) is 2. The number of carbonyl (C=O) groups excluding carboxylic acids is 3. The smallest absolute Gasteiger partial charge is 0.481 e. The number of thioether (sulfide) groups is 1. The molecule has 0 saturated heterocycles. The first-order valence-corrected chi connectivity index (χ1v) is 20.5. The molecule has 64 heavy (non-hydrogen) atoms. The molecule has 0 aliphatic rings. The summed E-state index contributed by atoms with van der Waals surface area (Å²) in [4.78, 5) is 71.3. The fourth-order valence-corrected chi connectivity index (χ4v) is 7.10. The summed E-state index contributed by atoms with van der Waals surface area (Å²) in [6, 6.07) is 11.3. The van der Waals surface area contributed by atoms with Crippen molar-refractivity contribution in [2.75, 3.05) is 45.2 Å². The maximum absolute atomic E-state index is 15.0. The van der Waals surface area contributed by atoms with Crippen LogP contribution in [-0.4, -0.2) is 134 Å². The van der Waals surface area contributed by atoms with Crippen LogP contribution in [0.15, 0.2) is 60.8 Å². The van der Waals surface area contributed by atoms with E-state index in [1.54, 1.807) is 12.3 Å². The molecule has 10 N–H and O–H groups in total. The zero-order valence-corrected chi connectivity index (χ0v) is 36.0. The van der Waals surface area contributed by atoms with Crippen LogP contribution in [0.4, 0.5) is 22.0 Å². The maximum atomic E-state index is 15.0. The average Bonchev–Trinajstić information content (AvgIpc) is 3.62. The summed E-state index contributed by atoms with van der Waals surface area (Å²) < 4.78 is 68.4. The van der Waals surface area contributed by atoms with Crippen molar-refractivity contribution in [3.63, 3.8) is 0 Å². The first kappa shape index (κ1) is 54.5. The summed E-state index contributed by atoms with van der Waals surface area (Å²) in [6.07, 6.45) is -3.90. The molecule has 0 bridgehead atoms. The van der Waals surface area contributed by atoms with Crippen LogP contribution in [-0.2, 0) is 40.0 Å². The summed E-state index contributed by atoms with van der Waals surface area (Å²) in [5, 5.41) is 39.4. The van der Waals surface area contributed by atoms with Crippen LogP contribution in [0, 0.1) is 17.0 Å². The molecule has 3 rings (SSSR count). The number of amides is 3. The second-order valence-corrected chi connectivity index (χ2v) is 16.4. The third kappa shape index (κ3) is 18.2. The molecule has 0 saturated carbocycles. The zero-order valence-electron chi connectivity index (χ0n) is 35.1. The lowest BCUT2D eigenvalue weighted by Crippen LogP contribution is -2.48. The lowest BCUT2D eigenvalue weighted by molar-refractivity contribution is -0.192. The fraction of sp³-hybridized carbons (Fsp3) is 0.463. The molecule has 0 spiro atoms. The van der Waals surface area contributed by atoms with E-state index < -0.39 is 95.3 Å². The Labute approximate surface area is 369 Å². The molecule has 0 aliphatic carbocycles. The number of carboxylic acid groups (broad SMARTS) is 3. The van der Waals surface area contributed by atoms with Gasteiger partial charge in [0, 0.05) is 54.9 Å². The predicted octanol–water partition coefficient (Wildman–Crippen LogP) is 2.98. The largest absolute Gasteiger partial charge is 0.490 e. The lowest BCUT2D eigenvalue weighted by Gasteiger charge is -2.41. The second-order valence-electron chi connectivity index (χ2n) is 15.2. The van der Waals surface area contributed by atoms with Gasteiger partial charge in [0.05, 0.1) is 37.0 Å². The topological polar surface area (TPSA) is 277 Å². The number of alkyl halides is 3. The van der Waals surface area contributed by atoms with E-state index in [4.69, 9.17) is 36.3 Å². The molecule has 4 atom stereocenters.